The van der Waals surface area contributed by atoms with E-state index < -0.39 is 0 Å². The third-order valence-corrected chi connectivity index (χ3v) is 5.69. The molecule has 0 aliphatic heterocycles. The Balaban J connectivity index is 1.51. The largest absolute Gasteiger partial charge is 0.486 e. The van der Waals surface area contributed by atoms with Gasteiger partial charge in [0.2, 0.25) is 0 Å². The summed E-state index contributed by atoms with van der Waals surface area (Å²) in [4.78, 5) is 17.0. The molecule has 158 valence electrons. The zero-order chi connectivity index (χ0) is 21.8. The Kier molecular flexibility index (Phi) is 6.18. The minimum absolute atomic E-state index is 0.0969. The van der Waals surface area contributed by atoms with Crippen LogP contribution < -0.4 is 10.3 Å². The SMILES string of the molecule is C=CCn1c(COc2cccc(C)c2)nnc1SCc1cc(=O)n2ccc(C)cc2n1. The maximum absolute atomic E-state index is 12.4. The molecule has 7 nitrogen and oxygen atoms in total. The van der Waals surface area contributed by atoms with Crippen LogP contribution in [-0.4, -0.2) is 24.1 Å². The van der Waals surface area contributed by atoms with Crippen molar-refractivity contribution < 1.29 is 4.74 Å². The Hall–Kier alpha value is -3.39. The van der Waals surface area contributed by atoms with Gasteiger partial charge >= 0.3 is 0 Å². The molecule has 0 saturated heterocycles. The van der Waals surface area contributed by atoms with E-state index in [1.807, 2.05) is 54.8 Å². The lowest BCUT2D eigenvalue weighted by Crippen LogP contribution is -2.15. The van der Waals surface area contributed by atoms with E-state index >= 15 is 0 Å². The van der Waals surface area contributed by atoms with Crippen molar-refractivity contribution >= 4 is 17.4 Å². The van der Waals surface area contributed by atoms with Crippen molar-refractivity contribution in [2.24, 2.45) is 0 Å². The fourth-order valence-electron chi connectivity index (χ4n) is 3.16. The molecule has 0 spiro atoms. The summed E-state index contributed by atoms with van der Waals surface area (Å²) in [7, 11) is 0. The molecule has 31 heavy (non-hydrogen) atoms. The molecule has 3 heterocycles. The molecule has 0 aliphatic carbocycles. The number of rotatable bonds is 8. The monoisotopic (exact) mass is 433 g/mol. The van der Waals surface area contributed by atoms with E-state index in [0.717, 1.165) is 22.0 Å². The minimum atomic E-state index is -0.0969. The van der Waals surface area contributed by atoms with Crippen molar-refractivity contribution in [3.63, 3.8) is 0 Å². The number of aryl methyl sites for hydroxylation is 2. The van der Waals surface area contributed by atoms with E-state index in [-0.39, 0.29) is 5.56 Å². The van der Waals surface area contributed by atoms with Crippen LogP contribution in [0.2, 0.25) is 0 Å². The number of thioether (sulfide) groups is 1. The van der Waals surface area contributed by atoms with Crippen LogP contribution in [0, 0.1) is 13.8 Å². The lowest BCUT2D eigenvalue weighted by molar-refractivity contribution is 0.289. The van der Waals surface area contributed by atoms with Gasteiger partial charge in [-0.15, -0.1) is 16.8 Å². The number of hydrogen-bond donors (Lipinski definition) is 0. The van der Waals surface area contributed by atoms with Crippen LogP contribution in [0.3, 0.4) is 0 Å². The molecule has 8 heteroatoms. The second-order valence-corrected chi connectivity index (χ2v) is 8.15. The van der Waals surface area contributed by atoms with E-state index in [1.165, 1.54) is 11.8 Å². The van der Waals surface area contributed by atoms with Crippen LogP contribution in [0.5, 0.6) is 5.75 Å². The molecule has 3 aromatic heterocycles. The van der Waals surface area contributed by atoms with E-state index in [1.54, 1.807) is 22.7 Å². The number of allylic oxidation sites excluding steroid dienone is 1. The van der Waals surface area contributed by atoms with Crippen LogP contribution in [-0.2, 0) is 18.9 Å². The number of aromatic nitrogens is 5. The van der Waals surface area contributed by atoms with Crippen molar-refractivity contribution in [1.82, 2.24) is 24.1 Å². The highest BCUT2D eigenvalue weighted by atomic mass is 32.2. The standard InChI is InChI=1S/C23H23N5O2S/c1-4-9-28-21(14-30-19-7-5-6-16(2)11-19)25-26-23(28)31-15-18-13-22(29)27-10-8-17(3)12-20(27)24-18/h4-8,10-13H,1,9,14-15H2,2-3H3. The predicted octanol–water partition coefficient (Wildman–Crippen LogP) is 3.96. The van der Waals surface area contributed by atoms with E-state index in [2.05, 4.69) is 21.8 Å². The number of ether oxygens (including phenoxy) is 1. The van der Waals surface area contributed by atoms with Crippen LogP contribution in [0.1, 0.15) is 22.6 Å². The van der Waals surface area contributed by atoms with Crippen molar-refractivity contribution in [3.05, 3.63) is 94.3 Å². The second kappa shape index (κ2) is 9.18. The van der Waals surface area contributed by atoms with E-state index in [0.29, 0.717) is 36.1 Å². The first-order valence-electron chi connectivity index (χ1n) is 9.87. The summed E-state index contributed by atoms with van der Waals surface area (Å²) >= 11 is 1.48. The number of nitrogens with zero attached hydrogens (tertiary/aromatic N) is 5. The number of benzene rings is 1. The molecular weight excluding hydrogens is 410 g/mol. The van der Waals surface area contributed by atoms with Gasteiger partial charge in [0, 0.05) is 24.6 Å². The molecule has 0 bridgehead atoms. The second-order valence-electron chi connectivity index (χ2n) is 7.21. The van der Waals surface area contributed by atoms with Gasteiger partial charge < -0.3 is 4.74 Å². The molecular formula is C23H23N5O2S. The van der Waals surface area contributed by atoms with Crippen molar-refractivity contribution in [2.45, 2.75) is 37.9 Å². The van der Waals surface area contributed by atoms with Crippen molar-refractivity contribution in [2.75, 3.05) is 0 Å². The van der Waals surface area contributed by atoms with E-state index in [4.69, 9.17) is 4.74 Å². The zero-order valence-electron chi connectivity index (χ0n) is 17.5. The average molecular weight is 434 g/mol. The highest BCUT2D eigenvalue weighted by molar-refractivity contribution is 7.98. The fraction of sp³-hybridized carbons (Fsp3) is 0.217. The van der Waals surface area contributed by atoms with Gasteiger partial charge in [0.25, 0.3) is 5.56 Å². The molecule has 0 N–H and O–H groups in total. The normalized spacial score (nSPS) is 11.0. The summed E-state index contributed by atoms with van der Waals surface area (Å²) in [5.74, 6) is 2.01. The summed E-state index contributed by atoms with van der Waals surface area (Å²) in [6, 6.07) is 13.2. The van der Waals surface area contributed by atoms with Crippen LogP contribution in [0.15, 0.2) is 71.3 Å². The molecule has 0 fully saturated rings. The molecule has 0 atom stereocenters. The van der Waals surface area contributed by atoms with Gasteiger partial charge in [-0.1, -0.05) is 30.0 Å². The molecule has 0 aliphatic rings. The number of hydrogen-bond acceptors (Lipinski definition) is 6. The van der Waals surface area contributed by atoms with Crippen molar-refractivity contribution in [3.8, 4) is 5.75 Å². The Bertz CT molecular complexity index is 1290. The lowest BCUT2D eigenvalue weighted by Gasteiger charge is -2.09. The molecule has 4 rings (SSSR count). The molecule has 0 radical (unpaired) electrons. The highest BCUT2D eigenvalue weighted by Gasteiger charge is 2.13. The van der Waals surface area contributed by atoms with Gasteiger partial charge in [-0.05, 0) is 49.2 Å². The predicted molar refractivity (Wildman–Crippen MR) is 121 cm³/mol. The Morgan fingerprint density at radius 2 is 1.97 bits per heavy atom. The average Bonchev–Trinajstić information content (AvgIpc) is 3.12. The smallest absolute Gasteiger partial charge is 0.258 e. The number of fused-ring (bicyclic) bond motifs is 1. The maximum Gasteiger partial charge on any atom is 0.258 e. The quantitative estimate of drug-likeness (QED) is 0.309. The summed E-state index contributed by atoms with van der Waals surface area (Å²) in [5.41, 5.74) is 3.44. The summed E-state index contributed by atoms with van der Waals surface area (Å²) in [6.07, 6.45) is 3.55. The first-order valence-corrected chi connectivity index (χ1v) is 10.9. The zero-order valence-corrected chi connectivity index (χ0v) is 18.3. The summed E-state index contributed by atoms with van der Waals surface area (Å²) in [6.45, 7) is 8.71. The topological polar surface area (TPSA) is 74.3 Å². The van der Waals surface area contributed by atoms with Gasteiger partial charge in [-0.3, -0.25) is 13.8 Å². The minimum Gasteiger partial charge on any atom is -0.486 e. The third-order valence-electron chi connectivity index (χ3n) is 4.69. The summed E-state index contributed by atoms with van der Waals surface area (Å²) in [5, 5.41) is 9.34. The van der Waals surface area contributed by atoms with Crippen LogP contribution in [0.4, 0.5) is 0 Å². The van der Waals surface area contributed by atoms with Crippen LogP contribution in [0.25, 0.3) is 5.65 Å². The van der Waals surface area contributed by atoms with Gasteiger partial charge in [-0.25, -0.2) is 4.98 Å². The molecule has 4 aromatic rings. The Morgan fingerprint density at radius 1 is 1.13 bits per heavy atom. The Labute approximate surface area is 184 Å². The van der Waals surface area contributed by atoms with Gasteiger partial charge in [0.05, 0.1) is 5.69 Å². The summed E-state index contributed by atoms with van der Waals surface area (Å²) < 4.78 is 9.40. The number of pyridine rings is 1. The lowest BCUT2D eigenvalue weighted by atomic mass is 10.2. The van der Waals surface area contributed by atoms with Crippen molar-refractivity contribution in [1.29, 1.82) is 0 Å². The van der Waals surface area contributed by atoms with Gasteiger partial charge in [0.1, 0.15) is 18.0 Å². The molecule has 0 amide bonds. The third kappa shape index (κ3) is 4.86. The Morgan fingerprint density at radius 3 is 2.77 bits per heavy atom. The van der Waals surface area contributed by atoms with E-state index in [9.17, 15) is 4.79 Å². The molecule has 0 saturated carbocycles. The first-order chi connectivity index (χ1) is 15.0. The first kappa shape index (κ1) is 20.9. The maximum atomic E-state index is 12.4. The highest BCUT2D eigenvalue weighted by Crippen LogP contribution is 2.22. The van der Waals surface area contributed by atoms with Gasteiger partial charge in [-0.2, -0.15) is 0 Å². The van der Waals surface area contributed by atoms with Crippen LogP contribution >= 0.6 is 11.8 Å². The fourth-order valence-corrected chi connectivity index (χ4v) is 4.02. The molecule has 1 aromatic carbocycles. The van der Waals surface area contributed by atoms with Gasteiger partial charge in [0.15, 0.2) is 11.0 Å². The molecule has 0 unspecified atom stereocenters.